The largest absolute Gasteiger partial charge is 0.472 e. The molecule has 87 heavy (non-hydrogen) atoms. The highest BCUT2D eigenvalue weighted by molar-refractivity contribution is 7.47. The Morgan fingerprint density at radius 2 is 0.690 bits per heavy atom. The lowest BCUT2D eigenvalue weighted by Gasteiger charge is -2.25. The molecule has 3 atom stereocenters. The molecule has 0 aliphatic rings. The van der Waals surface area contributed by atoms with Crippen molar-refractivity contribution in [3.05, 3.63) is 85.1 Å². The maximum Gasteiger partial charge on any atom is 0.472 e. The fourth-order valence-electron chi connectivity index (χ4n) is 11.1. The minimum absolute atomic E-state index is 0.0604. The Balaban J connectivity index is 4.03. The molecule has 0 bridgehead atoms. The highest BCUT2D eigenvalue weighted by atomic mass is 31.2. The predicted octanol–water partition coefficient (Wildman–Crippen LogP) is 24.3. The van der Waals surface area contributed by atoms with Gasteiger partial charge in [-0.15, -0.1) is 0 Å². The fourth-order valence-corrected chi connectivity index (χ4v) is 11.8. The summed E-state index contributed by atoms with van der Waals surface area (Å²) >= 11 is 0. The van der Waals surface area contributed by atoms with Crippen LogP contribution in [0.4, 0.5) is 0 Å². The van der Waals surface area contributed by atoms with Gasteiger partial charge in [0.25, 0.3) is 0 Å². The van der Waals surface area contributed by atoms with Crippen LogP contribution >= 0.6 is 7.82 Å². The number of phosphoric ester groups is 1. The van der Waals surface area contributed by atoms with Gasteiger partial charge >= 0.3 is 7.82 Å². The van der Waals surface area contributed by atoms with E-state index in [0.717, 1.165) is 77.0 Å². The Labute approximate surface area is 541 Å². The number of nitrogens with zero attached hydrogens (tertiary/aromatic N) is 1. The standard InChI is InChI=1S/C78H145N2O6P/c1-6-8-10-12-14-16-18-20-22-24-26-28-30-32-34-36-38-39-40-41-42-44-46-48-50-52-54-56-58-60-62-64-66-68-70-72-78(82)79-76(75-86-87(83,84)85-74-73-80(3,4)5)77(81)71-69-67-65-63-61-59-57-55-53-51-49-47-45-43-37-35-33-31-29-27-25-23-21-19-17-15-13-11-9-7-2/h8,10,14,16,20,22,26,28,32,34,38-39,69,71,76-77,81H,6-7,9,11-13,15,17-19,21,23-25,27,29-31,33,35-37,40-68,70,72-75H2,1-5H3,(H-,79,82,83,84)/p+1/b10-8-,16-14-,22-20-,28-26-,34-32-,39-38-,71-69+. The molecule has 0 saturated carbocycles. The Morgan fingerprint density at radius 1 is 0.402 bits per heavy atom. The first-order chi connectivity index (χ1) is 42.5. The number of hydrogen-bond donors (Lipinski definition) is 3. The maximum atomic E-state index is 13.1. The summed E-state index contributed by atoms with van der Waals surface area (Å²) < 4.78 is 23.9. The van der Waals surface area contributed by atoms with E-state index < -0.39 is 20.0 Å². The zero-order valence-corrected chi connectivity index (χ0v) is 59.2. The average molecular weight is 1240 g/mol. The van der Waals surface area contributed by atoms with Crippen LogP contribution in [0.15, 0.2) is 85.1 Å². The first kappa shape index (κ1) is 84.7. The summed E-state index contributed by atoms with van der Waals surface area (Å²) in [7, 11) is 1.58. The summed E-state index contributed by atoms with van der Waals surface area (Å²) in [5, 5.41) is 14.0. The number of rotatable bonds is 69. The van der Waals surface area contributed by atoms with Crippen LogP contribution < -0.4 is 5.32 Å². The summed E-state index contributed by atoms with van der Waals surface area (Å²) in [4.78, 5) is 23.5. The van der Waals surface area contributed by atoms with Gasteiger partial charge in [0, 0.05) is 6.42 Å². The predicted molar refractivity (Wildman–Crippen MR) is 383 cm³/mol. The fraction of sp³-hybridized carbons (Fsp3) is 0.808. The molecule has 8 nitrogen and oxygen atoms in total. The Morgan fingerprint density at radius 3 is 1.01 bits per heavy atom. The van der Waals surface area contributed by atoms with E-state index in [1.54, 1.807) is 6.08 Å². The number of phosphoric acid groups is 1. The van der Waals surface area contributed by atoms with Gasteiger partial charge in [-0.3, -0.25) is 13.8 Å². The third-order valence-corrected chi connectivity index (χ3v) is 17.9. The molecular formula is C78H146N2O6P+. The third-order valence-electron chi connectivity index (χ3n) is 16.9. The molecule has 3 N–H and O–H groups in total. The minimum Gasteiger partial charge on any atom is -0.387 e. The van der Waals surface area contributed by atoms with Crippen molar-refractivity contribution in [1.82, 2.24) is 5.32 Å². The maximum absolute atomic E-state index is 13.1. The Kier molecular flexibility index (Phi) is 66.2. The van der Waals surface area contributed by atoms with E-state index in [-0.39, 0.29) is 19.1 Å². The Hall–Kier alpha value is -2.32. The van der Waals surface area contributed by atoms with E-state index in [1.807, 2.05) is 27.2 Å². The molecule has 0 rings (SSSR count). The topological polar surface area (TPSA) is 105 Å². The monoisotopic (exact) mass is 1240 g/mol. The average Bonchev–Trinajstić information content (AvgIpc) is 3.70. The zero-order valence-electron chi connectivity index (χ0n) is 58.3. The van der Waals surface area contributed by atoms with E-state index in [0.29, 0.717) is 17.4 Å². The summed E-state index contributed by atoms with van der Waals surface area (Å²) in [5.74, 6) is -0.174. The van der Waals surface area contributed by atoms with Crippen molar-refractivity contribution in [1.29, 1.82) is 0 Å². The third kappa shape index (κ3) is 71.0. The van der Waals surface area contributed by atoms with Crippen LogP contribution in [-0.2, 0) is 18.4 Å². The number of aliphatic hydroxyl groups excluding tert-OH is 1. The number of hydrogen-bond acceptors (Lipinski definition) is 5. The molecule has 9 heteroatoms. The quantitative estimate of drug-likeness (QED) is 0.0243. The minimum atomic E-state index is -4.36. The summed E-state index contributed by atoms with van der Waals surface area (Å²) in [5.41, 5.74) is 0. The van der Waals surface area contributed by atoms with Gasteiger partial charge in [0.05, 0.1) is 39.9 Å². The van der Waals surface area contributed by atoms with Gasteiger partial charge in [-0.05, 0) is 70.6 Å². The molecule has 1 amide bonds. The van der Waals surface area contributed by atoms with Crippen molar-refractivity contribution in [2.45, 2.75) is 366 Å². The number of aliphatic hydroxyl groups is 1. The van der Waals surface area contributed by atoms with Crippen molar-refractivity contribution < 1.29 is 32.9 Å². The number of nitrogens with one attached hydrogen (secondary N) is 1. The highest BCUT2D eigenvalue weighted by Crippen LogP contribution is 2.43. The summed E-state index contributed by atoms with van der Waals surface area (Å²) in [6.07, 6.45) is 97.5. The zero-order chi connectivity index (χ0) is 63.4. The summed E-state index contributed by atoms with van der Waals surface area (Å²) in [6.45, 7) is 4.75. The lowest BCUT2D eigenvalue weighted by molar-refractivity contribution is -0.870. The van der Waals surface area contributed by atoms with Crippen molar-refractivity contribution in [3.63, 3.8) is 0 Å². The molecule has 0 fully saturated rings. The molecule has 0 spiro atoms. The second-order valence-electron chi connectivity index (χ2n) is 26.6. The second-order valence-corrected chi connectivity index (χ2v) is 28.1. The van der Waals surface area contributed by atoms with Crippen LogP contribution in [0.2, 0.25) is 0 Å². The van der Waals surface area contributed by atoms with Gasteiger partial charge in [0.2, 0.25) is 5.91 Å². The van der Waals surface area contributed by atoms with Crippen LogP contribution in [0.5, 0.6) is 0 Å². The van der Waals surface area contributed by atoms with Crippen LogP contribution in [0, 0.1) is 0 Å². The van der Waals surface area contributed by atoms with Crippen LogP contribution in [-0.4, -0.2) is 73.4 Å². The highest BCUT2D eigenvalue weighted by Gasteiger charge is 2.28. The normalized spacial score (nSPS) is 14.1. The number of amides is 1. The van der Waals surface area contributed by atoms with Crippen LogP contribution in [0.25, 0.3) is 0 Å². The molecule has 0 aromatic carbocycles. The number of likely N-dealkylation sites (N-methyl/N-ethyl adjacent to an activating group) is 1. The van der Waals surface area contributed by atoms with E-state index >= 15 is 0 Å². The van der Waals surface area contributed by atoms with E-state index in [1.165, 1.54) is 257 Å². The summed E-state index contributed by atoms with van der Waals surface area (Å²) in [6, 6.07) is -0.852. The van der Waals surface area contributed by atoms with Gasteiger partial charge in [-0.25, -0.2) is 4.57 Å². The van der Waals surface area contributed by atoms with Gasteiger partial charge in [-0.2, -0.15) is 0 Å². The Bertz CT molecular complexity index is 1700. The lowest BCUT2D eigenvalue weighted by atomic mass is 10.0. The van der Waals surface area contributed by atoms with E-state index in [9.17, 15) is 19.4 Å². The molecular weight excluding hydrogens is 1090 g/mol. The molecule has 0 saturated heterocycles. The van der Waals surface area contributed by atoms with Crippen molar-refractivity contribution in [2.75, 3.05) is 40.9 Å². The molecule has 508 valence electrons. The van der Waals surface area contributed by atoms with Crippen molar-refractivity contribution >= 4 is 13.7 Å². The lowest BCUT2D eigenvalue weighted by Crippen LogP contribution is -2.45. The van der Waals surface area contributed by atoms with E-state index in [4.69, 9.17) is 9.05 Å². The number of allylic oxidation sites excluding steroid dienone is 13. The van der Waals surface area contributed by atoms with Crippen LogP contribution in [0.3, 0.4) is 0 Å². The van der Waals surface area contributed by atoms with Gasteiger partial charge in [0.15, 0.2) is 0 Å². The first-order valence-corrected chi connectivity index (χ1v) is 39.0. The van der Waals surface area contributed by atoms with E-state index in [2.05, 4.69) is 92.1 Å². The molecule has 0 heterocycles. The first-order valence-electron chi connectivity index (χ1n) is 37.5. The number of carbonyl (C=O) groups excluding carboxylic acids is 1. The SMILES string of the molecule is CC/C=C\C/C=C\C/C=C\C/C=C\C/C=C\C/C=C\CCCCCCCCCCCCCCCCCCC(=O)NC(COP(=O)(O)OCC[N+](C)(C)C)C(O)/C=C/CCCCCCCCCCCCCCCCCCCCCCCCCCCCCC. The van der Waals surface area contributed by atoms with Gasteiger partial charge in [-0.1, -0.05) is 362 Å². The number of carbonyl (C=O) groups is 1. The smallest absolute Gasteiger partial charge is 0.387 e. The second kappa shape index (κ2) is 68.1. The van der Waals surface area contributed by atoms with Gasteiger partial charge < -0.3 is 19.8 Å². The molecule has 0 aromatic rings. The van der Waals surface area contributed by atoms with Crippen molar-refractivity contribution in [3.8, 4) is 0 Å². The molecule has 0 radical (unpaired) electrons. The molecule has 0 aliphatic heterocycles. The van der Waals surface area contributed by atoms with Crippen LogP contribution in [0.1, 0.15) is 354 Å². The molecule has 0 aromatic heterocycles. The van der Waals surface area contributed by atoms with Gasteiger partial charge in [0.1, 0.15) is 13.2 Å². The number of quaternary nitrogens is 1. The molecule has 0 aliphatic carbocycles. The molecule has 3 unspecified atom stereocenters. The van der Waals surface area contributed by atoms with Crippen molar-refractivity contribution in [2.24, 2.45) is 0 Å². The number of unbranched alkanes of at least 4 members (excludes halogenated alkanes) is 44.